The van der Waals surface area contributed by atoms with Crippen LogP contribution in [0.2, 0.25) is 0 Å². The lowest BCUT2D eigenvalue weighted by molar-refractivity contribution is 0.601. The van der Waals surface area contributed by atoms with E-state index in [4.69, 9.17) is 5.26 Å². The predicted molar refractivity (Wildman–Crippen MR) is 85.6 cm³/mol. The number of benzene rings is 2. The molecular formula is C15H13BrN2O2S. The molecule has 4 nitrogen and oxygen atoms in total. The minimum absolute atomic E-state index is 0.140. The number of sulfonamides is 1. The predicted octanol–water partition coefficient (Wildman–Crippen LogP) is 3.74. The van der Waals surface area contributed by atoms with Crippen molar-refractivity contribution in [2.75, 3.05) is 4.72 Å². The van der Waals surface area contributed by atoms with Gasteiger partial charge in [-0.05, 0) is 61.4 Å². The molecule has 6 heteroatoms. The van der Waals surface area contributed by atoms with Crippen LogP contribution in [-0.4, -0.2) is 8.42 Å². The summed E-state index contributed by atoms with van der Waals surface area (Å²) in [5, 5.41) is 8.89. The van der Waals surface area contributed by atoms with Crippen LogP contribution in [-0.2, 0) is 10.0 Å². The van der Waals surface area contributed by atoms with Crippen molar-refractivity contribution in [3.05, 3.63) is 57.6 Å². The highest BCUT2D eigenvalue weighted by molar-refractivity contribution is 9.10. The second-order valence-electron chi connectivity index (χ2n) is 4.65. The second kappa shape index (κ2) is 5.88. The van der Waals surface area contributed by atoms with Crippen molar-refractivity contribution < 1.29 is 8.42 Å². The van der Waals surface area contributed by atoms with Gasteiger partial charge in [-0.15, -0.1) is 0 Å². The van der Waals surface area contributed by atoms with E-state index in [0.29, 0.717) is 16.8 Å². The van der Waals surface area contributed by atoms with Crippen LogP contribution in [0.1, 0.15) is 16.7 Å². The van der Waals surface area contributed by atoms with Crippen molar-refractivity contribution in [3.8, 4) is 6.07 Å². The molecule has 2 rings (SSSR count). The molecule has 1 N–H and O–H groups in total. The van der Waals surface area contributed by atoms with Crippen LogP contribution in [0, 0.1) is 25.2 Å². The maximum Gasteiger partial charge on any atom is 0.261 e. The minimum Gasteiger partial charge on any atom is -0.279 e. The highest BCUT2D eigenvalue weighted by Crippen LogP contribution is 2.24. The summed E-state index contributed by atoms with van der Waals surface area (Å²) in [7, 11) is -3.67. The van der Waals surface area contributed by atoms with Crippen LogP contribution in [0.5, 0.6) is 0 Å². The fraction of sp³-hybridized carbons (Fsp3) is 0.133. The van der Waals surface area contributed by atoms with Gasteiger partial charge in [0.05, 0.1) is 22.2 Å². The summed E-state index contributed by atoms with van der Waals surface area (Å²) in [5.41, 5.74) is 2.44. The first kappa shape index (κ1) is 15.5. The fourth-order valence-corrected chi connectivity index (χ4v) is 3.57. The van der Waals surface area contributed by atoms with Gasteiger partial charge in [0.2, 0.25) is 0 Å². The lowest BCUT2D eigenvalue weighted by Crippen LogP contribution is -2.14. The maximum absolute atomic E-state index is 12.4. The molecule has 0 aliphatic rings. The van der Waals surface area contributed by atoms with Crippen LogP contribution in [0.25, 0.3) is 0 Å². The van der Waals surface area contributed by atoms with E-state index in [-0.39, 0.29) is 4.90 Å². The molecule has 0 saturated carbocycles. The molecule has 0 aliphatic heterocycles. The number of nitrogens with zero attached hydrogens (tertiary/aromatic N) is 1. The van der Waals surface area contributed by atoms with Gasteiger partial charge in [-0.3, -0.25) is 4.72 Å². The first-order valence-electron chi connectivity index (χ1n) is 6.13. The van der Waals surface area contributed by atoms with E-state index in [2.05, 4.69) is 20.7 Å². The molecule has 0 fully saturated rings. The molecule has 0 aromatic heterocycles. The number of nitriles is 1. The molecule has 108 valence electrons. The normalized spacial score (nSPS) is 11.0. The number of aryl methyl sites for hydroxylation is 2. The third kappa shape index (κ3) is 3.43. The van der Waals surface area contributed by atoms with Gasteiger partial charge in [-0.1, -0.05) is 15.9 Å². The van der Waals surface area contributed by atoms with Gasteiger partial charge in [0.25, 0.3) is 10.0 Å². The molecule has 2 aromatic rings. The quantitative estimate of drug-likeness (QED) is 0.901. The van der Waals surface area contributed by atoms with Gasteiger partial charge in [0.15, 0.2) is 0 Å². The molecule has 0 saturated heterocycles. The molecule has 0 heterocycles. The Morgan fingerprint density at radius 1 is 1.10 bits per heavy atom. The van der Waals surface area contributed by atoms with Gasteiger partial charge >= 0.3 is 0 Å². The minimum atomic E-state index is -3.67. The van der Waals surface area contributed by atoms with E-state index in [1.807, 2.05) is 19.1 Å². The molecule has 21 heavy (non-hydrogen) atoms. The van der Waals surface area contributed by atoms with Gasteiger partial charge < -0.3 is 0 Å². The van der Waals surface area contributed by atoms with Crippen LogP contribution in [0.4, 0.5) is 5.69 Å². The van der Waals surface area contributed by atoms with E-state index in [0.717, 1.165) is 10.0 Å². The number of halogens is 1. The molecular weight excluding hydrogens is 352 g/mol. The third-order valence-corrected chi connectivity index (χ3v) is 4.92. The Morgan fingerprint density at radius 3 is 2.38 bits per heavy atom. The summed E-state index contributed by atoms with van der Waals surface area (Å²) in [6.45, 7) is 3.54. The smallest absolute Gasteiger partial charge is 0.261 e. The summed E-state index contributed by atoms with van der Waals surface area (Å²) in [5.74, 6) is 0. The summed E-state index contributed by atoms with van der Waals surface area (Å²) >= 11 is 3.34. The Kier molecular flexibility index (Phi) is 4.35. The van der Waals surface area contributed by atoms with E-state index in [1.165, 1.54) is 18.2 Å². The topological polar surface area (TPSA) is 70.0 Å². The number of anilines is 1. The zero-order valence-electron chi connectivity index (χ0n) is 11.5. The van der Waals surface area contributed by atoms with Crippen molar-refractivity contribution in [1.82, 2.24) is 0 Å². The monoisotopic (exact) mass is 364 g/mol. The SMILES string of the molecule is Cc1cc(S(=O)(=O)Nc2ccc(Br)cc2C)ccc1C#N. The summed E-state index contributed by atoms with van der Waals surface area (Å²) in [6, 6.07) is 11.8. The van der Waals surface area contributed by atoms with Crippen LogP contribution < -0.4 is 4.72 Å². The molecule has 0 bridgehead atoms. The van der Waals surface area contributed by atoms with Gasteiger partial charge in [0.1, 0.15) is 0 Å². The van der Waals surface area contributed by atoms with Crippen LogP contribution >= 0.6 is 15.9 Å². The number of hydrogen-bond donors (Lipinski definition) is 1. The Labute approximate surface area is 132 Å². The first-order valence-corrected chi connectivity index (χ1v) is 8.41. The van der Waals surface area contributed by atoms with E-state index < -0.39 is 10.0 Å². The van der Waals surface area contributed by atoms with Crippen LogP contribution in [0.3, 0.4) is 0 Å². The lowest BCUT2D eigenvalue weighted by Gasteiger charge is -2.11. The van der Waals surface area contributed by atoms with E-state index in [9.17, 15) is 8.42 Å². The average molecular weight is 365 g/mol. The van der Waals surface area contributed by atoms with E-state index in [1.54, 1.807) is 19.1 Å². The van der Waals surface area contributed by atoms with Gasteiger partial charge in [-0.25, -0.2) is 8.42 Å². The van der Waals surface area contributed by atoms with Crippen molar-refractivity contribution in [2.45, 2.75) is 18.7 Å². The fourth-order valence-electron chi connectivity index (χ4n) is 1.87. The van der Waals surface area contributed by atoms with Gasteiger partial charge in [0, 0.05) is 4.47 Å². The zero-order valence-corrected chi connectivity index (χ0v) is 13.9. The Hall–Kier alpha value is -1.84. The van der Waals surface area contributed by atoms with Crippen LogP contribution in [0.15, 0.2) is 45.8 Å². The number of hydrogen-bond acceptors (Lipinski definition) is 3. The average Bonchev–Trinajstić information content (AvgIpc) is 2.42. The molecule has 2 aromatic carbocycles. The zero-order chi connectivity index (χ0) is 15.6. The summed E-state index contributed by atoms with van der Waals surface area (Å²) in [6.07, 6.45) is 0. The standard InChI is InChI=1S/C15H13BrN2O2S/c1-10-8-14(5-3-12(10)9-17)21(19,20)18-15-6-4-13(16)7-11(15)2/h3-8,18H,1-2H3. The number of nitrogens with one attached hydrogen (secondary N) is 1. The summed E-state index contributed by atoms with van der Waals surface area (Å²) in [4.78, 5) is 0.140. The first-order chi connectivity index (χ1) is 9.83. The lowest BCUT2D eigenvalue weighted by atomic mass is 10.1. The maximum atomic E-state index is 12.4. The second-order valence-corrected chi connectivity index (χ2v) is 7.25. The molecule has 0 aliphatic carbocycles. The van der Waals surface area contributed by atoms with E-state index >= 15 is 0 Å². The molecule has 0 radical (unpaired) electrons. The number of rotatable bonds is 3. The Bertz CT molecular complexity index is 839. The largest absolute Gasteiger partial charge is 0.279 e. The van der Waals surface area contributed by atoms with Crippen molar-refractivity contribution >= 4 is 31.6 Å². The Morgan fingerprint density at radius 2 is 1.81 bits per heavy atom. The highest BCUT2D eigenvalue weighted by Gasteiger charge is 2.16. The molecule has 0 amide bonds. The Balaban J connectivity index is 2.39. The third-order valence-electron chi connectivity index (χ3n) is 3.06. The molecule has 0 unspecified atom stereocenters. The highest BCUT2D eigenvalue weighted by atomic mass is 79.9. The molecule has 0 spiro atoms. The van der Waals surface area contributed by atoms with Crippen molar-refractivity contribution in [3.63, 3.8) is 0 Å². The van der Waals surface area contributed by atoms with Crippen molar-refractivity contribution in [1.29, 1.82) is 5.26 Å². The van der Waals surface area contributed by atoms with Crippen molar-refractivity contribution in [2.24, 2.45) is 0 Å². The summed E-state index contributed by atoms with van der Waals surface area (Å²) < 4.78 is 28.2. The molecule has 0 atom stereocenters. The van der Waals surface area contributed by atoms with Gasteiger partial charge in [-0.2, -0.15) is 5.26 Å².